The number of halogens is 3. The minimum Gasteiger partial charge on any atom is -0.406 e. The zero-order valence-corrected chi connectivity index (χ0v) is 17.2. The first-order chi connectivity index (χ1) is 14.9. The van der Waals surface area contributed by atoms with Crippen LogP contribution < -0.4 is 4.74 Å². The van der Waals surface area contributed by atoms with E-state index in [2.05, 4.69) is 48.1 Å². The molecule has 0 unspecified atom stereocenters. The molecule has 0 heterocycles. The zero-order chi connectivity index (χ0) is 21.8. The molecular weight excluding hydrogens is 397 g/mol. The van der Waals surface area contributed by atoms with Crippen LogP contribution in [-0.4, -0.2) is 6.36 Å². The normalized spacial score (nSPS) is 11.6. The van der Waals surface area contributed by atoms with Crippen molar-refractivity contribution in [2.24, 2.45) is 0 Å². The first-order valence-electron chi connectivity index (χ1n) is 10.4. The smallest absolute Gasteiger partial charge is 0.406 e. The van der Waals surface area contributed by atoms with Gasteiger partial charge in [0.2, 0.25) is 0 Å². The molecule has 158 valence electrons. The molecule has 0 aromatic heterocycles. The highest BCUT2D eigenvalue weighted by molar-refractivity contribution is 6.04. The summed E-state index contributed by atoms with van der Waals surface area (Å²) in [6.45, 7) is 2.19. The van der Waals surface area contributed by atoms with Crippen molar-refractivity contribution < 1.29 is 17.9 Å². The lowest BCUT2D eigenvalue weighted by Gasteiger charge is -2.13. The number of alkyl halides is 3. The van der Waals surface area contributed by atoms with Crippen molar-refractivity contribution in [1.82, 2.24) is 0 Å². The lowest BCUT2D eigenvalue weighted by Crippen LogP contribution is -2.16. The number of benzene rings is 4. The highest BCUT2D eigenvalue weighted by atomic mass is 19.4. The largest absolute Gasteiger partial charge is 0.573 e. The molecule has 0 aliphatic heterocycles. The van der Waals surface area contributed by atoms with Crippen LogP contribution in [0.2, 0.25) is 0 Å². The highest BCUT2D eigenvalue weighted by Crippen LogP contribution is 2.36. The number of hydrogen-bond donors (Lipinski definition) is 0. The summed E-state index contributed by atoms with van der Waals surface area (Å²) in [7, 11) is 0. The average molecular weight is 420 g/mol. The van der Waals surface area contributed by atoms with Crippen molar-refractivity contribution in [1.29, 1.82) is 0 Å². The molecule has 0 atom stereocenters. The molecule has 31 heavy (non-hydrogen) atoms. The molecule has 0 saturated carbocycles. The van der Waals surface area contributed by atoms with Crippen molar-refractivity contribution in [2.45, 2.75) is 32.5 Å². The lowest BCUT2D eigenvalue weighted by atomic mass is 9.91. The van der Waals surface area contributed by atoms with Crippen LogP contribution in [-0.2, 0) is 6.42 Å². The number of aryl methyl sites for hydroxylation is 1. The minimum atomic E-state index is -4.69. The minimum absolute atomic E-state index is 0.222. The maximum atomic E-state index is 12.4. The molecule has 0 N–H and O–H groups in total. The van der Waals surface area contributed by atoms with Crippen LogP contribution in [0.25, 0.3) is 33.0 Å². The van der Waals surface area contributed by atoms with E-state index in [1.807, 2.05) is 24.3 Å². The Hall–Kier alpha value is -3.27. The van der Waals surface area contributed by atoms with Gasteiger partial charge < -0.3 is 4.74 Å². The summed E-state index contributed by atoms with van der Waals surface area (Å²) in [5, 5.41) is 2.16. The third kappa shape index (κ3) is 4.91. The summed E-state index contributed by atoms with van der Waals surface area (Å²) in [5.41, 5.74) is 5.44. The first kappa shape index (κ1) is 21.0. The van der Waals surface area contributed by atoms with Gasteiger partial charge in [-0.05, 0) is 63.6 Å². The van der Waals surface area contributed by atoms with Gasteiger partial charge in [0.1, 0.15) is 5.75 Å². The highest BCUT2D eigenvalue weighted by Gasteiger charge is 2.31. The van der Waals surface area contributed by atoms with Gasteiger partial charge in [-0.25, -0.2) is 0 Å². The summed E-state index contributed by atoms with van der Waals surface area (Å²) in [6, 6.07) is 26.9. The van der Waals surface area contributed by atoms with Crippen LogP contribution >= 0.6 is 0 Å². The molecule has 1 nitrogen and oxygen atoms in total. The monoisotopic (exact) mass is 420 g/mol. The van der Waals surface area contributed by atoms with Gasteiger partial charge in [0, 0.05) is 0 Å². The Labute approximate surface area is 180 Å². The second kappa shape index (κ2) is 8.84. The Morgan fingerprint density at radius 3 is 1.68 bits per heavy atom. The standard InChI is InChI=1S/C27H23F3O/c1-2-3-6-19-9-11-20(12-10-19)23-17-18-24(26-8-5-4-7-25(23)26)21-13-15-22(16-14-21)31-27(28,29)30/h4-5,7-18H,2-3,6H2,1H3. The van der Waals surface area contributed by atoms with Gasteiger partial charge in [-0.1, -0.05) is 86.1 Å². The van der Waals surface area contributed by atoms with Gasteiger partial charge in [-0.3, -0.25) is 0 Å². The maximum Gasteiger partial charge on any atom is 0.573 e. The number of hydrogen-bond acceptors (Lipinski definition) is 1. The van der Waals surface area contributed by atoms with E-state index in [1.54, 1.807) is 12.1 Å². The van der Waals surface area contributed by atoms with Crippen LogP contribution in [0.15, 0.2) is 84.9 Å². The van der Waals surface area contributed by atoms with Crippen molar-refractivity contribution in [3.05, 3.63) is 90.5 Å². The van der Waals surface area contributed by atoms with E-state index in [4.69, 9.17) is 0 Å². The van der Waals surface area contributed by atoms with E-state index in [0.29, 0.717) is 0 Å². The summed E-state index contributed by atoms with van der Waals surface area (Å²) < 4.78 is 41.3. The lowest BCUT2D eigenvalue weighted by molar-refractivity contribution is -0.274. The molecule has 0 amide bonds. The summed E-state index contributed by atoms with van der Waals surface area (Å²) in [4.78, 5) is 0. The number of rotatable bonds is 6. The molecule has 0 spiro atoms. The van der Waals surface area contributed by atoms with Gasteiger partial charge >= 0.3 is 6.36 Å². The molecule has 0 saturated heterocycles. The van der Waals surface area contributed by atoms with Gasteiger partial charge in [0.05, 0.1) is 0 Å². The van der Waals surface area contributed by atoms with E-state index >= 15 is 0 Å². The predicted molar refractivity (Wildman–Crippen MR) is 120 cm³/mol. The predicted octanol–water partition coefficient (Wildman–Crippen LogP) is 8.42. The third-order valence-electron chi connectivity index (χ3n) is 5.41. The van der Waals surface area contributed by atoms with E-state index < -0.39 is 6.36 Å². The molecule has 4 rings (SSSR count). The molecular formula is C27H23F3O. The summed E-state index contributed by atoms with van der Waals surface area (Å²) in [6.07, 6.45) is -1.24. The molecule has 4 aromatic carbocycles. The van der Waals surface area contributed by atoms with Crippen LogP contribution in [0.3, 0.4) is 0 Å². The second-order valence-corrected chi connectivity index (χ2v) is 7.58. The van der Waals surface area contributed by atoms with Crippen LogP contribution in [0.4, 0.5) is 13.2 Å². The van der Waals surface area contributed by atoms with Crippen LogP contribution in [0.5, 0.6) is 5.75 Å². The molecule has 0 fully saturated rings. The van der Waals surface area contributed by atoms with Crippen LogP contribution in [0, 0.1) is 0 Å². The summed E-state index contributed by atoms with van der Waals surface area (Å²) >= 11 is 0. The fourth-order valence-electron chi connectivity index (χ4n) is 3.87. The van der Waals surface area contributed by atoms with Gasteiger partial charge in [0.15, 0.2) is 0 Å². The fourth-order valence-corrected chi connectivity index (χ4v) is 3.87. The average Bonchev–Trinajstić information content (AvgIpc) is 2.77. The molecule has 0 bridgehead atoms. The first-order valence-corrected chi connectivity index (χ1v) is 10.4. The third-order valence-corrected chi connectivity index (χ3v) is 5.41. The quantitative estimate of drug-likeness (QED) is 0.304. The maximum absolute atomic E-state index is 12.4. The van der Waals surface area contributed by atoms with Crippen molar-refractivity contribution in [3.63, 3.8) is 0 Å². The number of ether oxygens (including phenoxy) is 1. The van der Waals surface area contributed by atoms with Crippen molar-refractivity contribution in [3.8, 4) is 28.0 Å². The number of unbranched alkanes of at least 4 members (excludes halogenated alkanes) is 1. The van der Waals surface area contributed by atoms with E-state index in [1.165, 1.54) is 30.5 Å². The van der Waals surface area contributed by atoms with E-state index in [9.17, 15) is 13.2 Å². The van der Waals surface area contributed by atoms with Crippen molar-refractivity contribution >= 4 is 10.8 Å². The number of fused-ring (bicyclic) bond motifs is 1. The Kier molecular flexibility index (Phi) is 5.99. The molecule has 4 aromatic rings. The Morgan fingerprint density at radius 1 is 0.677 bits per heavy atom. The van der Waals surface area contributed by atoms with E-state index in [-0.39, 0.29) is 5.75 Å². The van der Waals surface area contributed by atoms with Gasteiger partial charge in [0.25, 0.3) is 0 Å². The van der Waals surface area contributed by atoms with E-state index in [0.717, 1.165) is 39.4 Å². The Bertz CT molecular complexity index is 1160. The molecule has 4 heteroatoms. The fraction of sp³-hybridized carbons (Fsp3) is 0.185. The molecule has 0 aliphatic rings. The SMILES string of the molecule is CCCCc1ccc(-c2ccc(-c3ccc(OC(F)(F)F)cc3)c3ccccc23)cc1. The molecule has 0 aliphatic carbocycles. The van der Waals surface area contributed by atoms with Gasteiger partial charge in [-0.15, -0.1) is 13.2 Å². The second-order valence-electron chi connectivity index (χ2n) is 7.58. The van der Waals surface area contributed by atoms with Crippen molar-refractivity contribution in [2.75, 3.05) is 0 Å². The molecule has 0 radical (unpaired) electrons. The van der Waals surface area contributed by atoms with Gasteiger partial charge in [-0.2, -0.15) is 0 Å². The Balaban J connectivity index is 1.70. The Morgan fingerprint density at radius 2 is 1.19 bits per heavy atom. The topological polar surface area (TPSA) is 9.23 Å². The summed E-state index contributed by atoms with van der Waals surface area (Å²) in [5.74, 6) is -0.222. The van der Waals surface area contributed by atoms with Crippen LogP contribution in [0.1, 0.15) is 25.3 Å². The zero-order valence-electron chi connectivity index (χ0n) is 17.2.